The molecule has 0 bridgehead atoms. The highest BCUT2D eigenvalue weighted by molar-refractivity contribution is 5.92. The molecule has 41 heavy (non-hydrogen) atoms. The van der Waals surface area contributed by atoms with Crippen LogP contribution in [0.4, 0.5) is 4.79 Å². The van der Waals surface area contributed by atoms with Crippen molar-refractivity contribution in [2.24, 2.45) is 0 Å². The maximum Gasteiger partial charge on any atom is 0.408 e. The molecule has 2 atom stereocenters. The van der Waals surface area contributed by atoms with Gasteiger partial charge >= 0.3 is 6.09 Å². The van der Waals surface area contributed by atoms with Crippen LogP contribution in [-0.4, -0.2) is 47.0 Å². The van der Waals surface area contributed by atoms with Crippen LogP contribution in [0.2, 0.25) is 0 Å². The topological polar surface area (TPSA) is 87.7 Å². The van der Waals surface area contributed by atoms with E-state index in [9.17, 15) is 14.4 Å². The van der Waals surface area contributed by atoms with E-state index in [1.165, 1.54) is 12.0 Å². The van der Waals surface area contributed by atoms with E-state index in [2.05, 4.69) is 24.5 Å². The van der Waals surface area contributed by atoms with Gasteiger partial charge in [0.25, 0.3) is 0 Å². The van der Waals surface area contributed by atoms with Gasteiger partial charge in [-0.05, 0) is 63.1 Å². The minimum absolute atomic E-state index is 0.108. The molecule has 2 N–H and O–H groups in total. The van der Waals surface area contributed by atoms with Gasteiger partial charge in [0, 0.05) is 19.0 Å². The predicted octanol–water partition coefficient (Wildman–Crippen LogP) is 6.50. The van der Waals surface area contributed by atoms with Crippen molar-refractivity contribution in [1.82, 2.24) is 15.5 Å². The number of hydrogen-bond donors (Lipinski definition) is 2. The highest BCUT2D eigenvalue weighted by atomic mass is 16.6. The van der Waals surface area contributed by atoms with Gasteiger partial charge in [-0.15, -0.1) is 0 Å². The summed E-state index contributed by atoms with van der Waals surface area (Å²) in [6, 6.07) is 16.0. The van der Waals surface area contributed by atoms with Crippen LogP contribution in [0.3, 0.4) is 0 Å². The van der Waals surface area contributed by atoms with Crippen molar-refractivity contribution >= 4 is 17.9 Å². The molecule has 0 aromatic heterocycles. The fraction of sp³-hybridized carbons (Fsp3) is 0.559. The Labute approximate surface area is 246 Å². The zero-order valence-corrected chi connectivity index (χ0v) is 25.6. The summed E-state index contributed by atoms with van der Waals surface area (Å²) in [5, 5.41) is 6.11. The van der Waals surface area contributed by atoms with Gasteiger partial charge in [-0.25, -0.2) is 4.79 Å². The fourth-order valence-electron chi connectivity index (χ4n) is 5.33. The fourth-order valence-corrected chi connectivity index (χ4v) is 5.33. The molecule has 1 fully saturated rings. The molecular formula is C34H49N3O4. The maximum absolute atomic E-state index is 14.5. The lowest BCUT2D eigenvalue weighted by molar-refractivity contribution is -0.143. The number of nitrogens with one attached hydrogen (secondary N) is 2. The first-order valence-corrected chi connectivity index (χ1v) is 15.3. The van der Waals surface area contributed by atoms with Crippen molar-refractivity contribution < 1.29 is 19.1 Å². The minimum atomic E-state index is -0.899. The number of alkyl carbamates (subject to hydrolysis) is 1. The van der Waals surface area contributed by atoms with Gasteiger partial charge in [0.05, 0.1) is 0 Å². The Balaban J connectivity index is 2.00. The lowest BCUT2D eigenvalue weighted by atomic mass is 9.94. The third-order valence-corrected chi connectivity index (χ3v) is 7.52. The average Bonchev–Trinajstić information content (AvgIpc) is 2.94. The Morgan fingerprint density at radius 3 is 2.17 bits per heavy atom. The number of nitrogens with zero attached hydrogens (tertiary/aromatic N) is 1. The summed E-state index contributed by atoms with van der Waals surface area (Å²) in [6.07, 6.45) is 7.39. The molecule has 7 nitrogen and oxygen atoms in total. The highest BCUT2D eigenvalue weighted by Gasteiger charge is 2.37. The second kappa shape index (κ2) is 15.6. The maximum atomic E-state index is 14.5. The van der Waals surface area contributed by atoms with Crippen LogP contribution >= 0.6 is 0 Å². The molecule has 3 amide bonds. The molecule has 1 saturated carbocycles. The van der Waals surface area contributed by atoms with Crippen LogP contribution in [0.15, 0.2) is 54.6 Å². The Morgan fingerprint density at radius 2 is 1.59 bits per heavy atom. The molecule has 0 saturated heterocycles. The molecule has 7 heteroatoms. The predicted molar refractivity (Wildman–Crippen MR) is 164 cm³/mol. The molecule has 1 aliphatic rings. The third-order valence-electron chi connectivity index (χ3n) is 7.52. The standard InChI is InChI=1S/C34H49N3O4/c1-6-8-23-37(32(39)29(24-26-15-11-9-12-16-26)36-33(40)41-34(3,4)5)30(27-21-19-25(7-2)20-22-27)31(38)35-28-17-13-10-14-18-28/h9,11-12,15-16,19-22,28-30H,6-8,10,13-14,17-18,23-24H2,1-5H3,(H,35,38)(H,36,40). The van der Waals surface area contributed by atoms with E-state index in [4.69, 9.17) is 4.74 Å². The zero-order valence-electron chi connectivity index (χ0n) is 25.6. The highest BCUT2D eigenvalue weighted by Crippen LogP contribution is 2.26. The van der Waals surface area contributed by atoms with E-state index >= 15 is 0 Å². The van der Waals surface area contributed by atoms with Crippen molar-refractivity contribution in [3.05, 3.63) is 71.3 Å². The van der Waals surface area contributed by atoms with Crippen molar-refractivity contribution in [2.75, 3.05) is 6.54 Å². The number of amides is 3. The molecular weight excluding hydrogens is 514 g/mol. The number of ether oxygens (including phenoxy) is 1. The average molecular weight is 564 g/mol. The number of rotatable bonds is 12. The molecule has 224 valence electrons. The van der Waals surface area contributed by atoms with Gasteiger partial charge in [0.1, 0.15) is 17.7 Å². The molecule has 0 radical (unpaired) electrons. The van der Waals surface area contributed by atoms with E-state index < -0.39 is 23.8 Å². The van der Waals surface area contributed by atoms with Crippen LogP contribution in [0.25, 0.3) is 0 Å². The molecule has 2 aromatic rings. The van der Waals surface area contributed by atoms with Gasteiger partial charge in [-0.1, -0.05) is 94.1 Å². The van der Waals surface area contributed by atoms with Crippen LogP contribution in [-0.2, 0) is 27.2 Å². The molecule has 0 spiro atoms. The minimum Gasteiger partial charge on any atom is -0.444 e. The largest absolute Gasteiger partial charge is 0.444 e. The van der Waals surface area contributed by atoms with Crippen LogP contribution in [0.1, 0.15) is 102 Å². The number of hydrogen-bond acceptors (Lipinski definition) is 4. The van der Waals surface area contributed by atoms with Gasteiger partial charge in [0.2, 0.25) is 11.8 Å². The van der Waals surface area contributed by atoms with Crippen molar-refractivity contribution in [1.29, 1.82) is 0 Å². The van der Waals surface area contributed by atoms with E-state index in [1.54, 1.807) is 25.7 Å². The quantitative estimate of drug-likeness (QED) is 0.308. The molecule has 3 rings (SSSR count). The van der Waals surface area contributed by atoms with E-state index in [-0.39, 0.29) is 24.3 Å². The van der Waals surface area contributed by atoms with Crippen LogP contribution < -0.4 is 10.6 Å². The summed E-state index contributed by atoms with van der Waals surface area (Å²) in [5.74, 6) is -0.460. The van der Waals surface area contributed by atoms with E-state index in [1.807, 2.05) is 54.6 Å². The Bertz CT molecular complexity index is 1110. The first kappa shape index (κ1) is 32.2. The monoisotopic (exact) mass is 563 g/mol. The van der Waals surface area contributed by atoms with Gasteiger partial charge in [-0.3, -0.25) is 9.59 Å². The summed E-state index contributed by atoms with van der Waals surface area (Å²) < 4.78 is 5.54. The second-order valence-corrected chi connectivity index (χ2v) is 12.1. The van der Waals surface area contributed by atoms with Crippen LogP contribution in [0, 0.1) is 0 Å². The normalized spacial score (nSPS) is 15.4. The lowest BCUT2D eigenvalue weighted by Gasteiger charge is -2.36. The zero-order chi connectivity index (χ0) is 29.8. The molecule has 2 unspecified atom stereocenters. The Morgan fingerprint density at radius 1 is 0.927 bits per heavy atom. The van der Waals surface area contributed by atoms with Crippen LogP contribution in [0.5, 0.6) is 0 Å². The Kier molecular flexibility index (Phi) is 12.2. The summed E-state index contributed by atoms with van der Waals surface area (Å²) in [5.41, 5.74) is 2.14. The summed E-state index contributed by atoms with van der Waals surface area (Å²) in [6.45, 7) is 9.93. The third kappa shape index (κ3) is 10.2. The molecule has 1 aliphatic carbocycles. The van der Waals surface area contributed by atoms with Crippen molar-refractivity contribution in [3.8, 4) is 0 Å². The first-order chi connectivity index (χ1) is 19.6. The Hall–Kier alpha value is -3.35. The number of benzene rings is 2. The van der Waals surface area contributed by atoms with Crippen molar-refractivity contribution in [2.45, 2.75) is 116 Å². The molecule has 0 heterocycles. The summed E-state index contributed by atoms with van der Waals surface area (Å²) in [4.78, 5) is 43.1. The number of carbonyl (C=O) groups is 3. The number of unbranched alkanes of at least 4 members (excludes halogenated alkanes) is 1. The van der Waals surface area contributed by atoms with Gasteiger partial charge < -0.3 is 20.3 Å². The molecule has 2 aromatic carbocycles. The number of carbonyl (C=O) groups excluding carboxylic acids is 3. The SMILES string of the molecule is CCCCN(C(=O)C(Cc1ccccc1)NC(=O)OC(C)(C)C)C(C(=O)NC1CCCCC1)c1ccc(CC)cc1. The first-order valence-electron chi connectivity index (χ1n) is 15.3. The van der Waals surface area contributed by atoms with Gasteiger partial charge in [-0.2, -0.15) is 0 Å². The summed E-state index contributed by atoms with van der Waals surface area (Å²) >= 11 is 0. The second-order valence-electron chi connectivity index (χ2n) is 12.1. The molecule has 0 aliphatic heterocycles. The van der Waals surface area contributed by atoms with E-state index in [0.29, 0.717) is 6.54 Å². The summed E-state index contributed by atoms with van der Waals surface area (Å²) in [7, 11) is 0. The van der Waals surface area contributed by atoms with Gasteiger partial charge in [0.15, 0.2) is 0 Å². The lowest BCUT2D eigenvalue weighted by Crippen LogP contribution is -2.54. The smallest absolute Gasteiger partial charge is 0.408 e. The van der Waals surface area contributed by atoms with E-state index in [0.717, 1.165) is 56.1 Å². The number of aryl methyl sites for hydroxylation is 1. The van der Waals surface area contributed by atoms with Crippen molar-refractivity contribution in [3.63, 3.8) is 0 Å².